The number of carbonyl (C=O) groups is 2. The summed E-state index contributed by atoms with van der Waals surface area (Å²) in [7, 11) is 0. The van der Waals surface area contributed by atoms with Crippen LogP contribution in [-0.4, -0.2) is 42.0 Å². The van der Waals surface area contributed by atoms with Crippen molar-refractivity contribution >= 4 is 11.9 Å². The van der Waals surface area contributed by atoms with E-state index in [9.17, 15) is 27.9 Å². The van der Waals surface area contributed by atoms with Crippen LogP contribution in [0.25, 0.3) is 0 Å². The Bertz CT molecular complexity index is 584. The first kappa shape index (κ1) is 19.5. The van der Waals surface area contributed by atoms with Gasteiger partial charge in [0.1, 0.15) is 0 Å². The van der Waals surface area contributed by atoms with Crippen LogP contribution in [-0.2, 0) is 19.1 Å². The number of rotatable bonds is 5. The zero-order valence-electron chi connectivity index (χ0n) is 15.0. The van der Waals surface area contributed by atoms with Crippen molar-refractivity contribution in [2.75, 3.05) is 13.2 Å². The lowest BCUT2D eigenvalue weighted by Gasteiger charge is -2.59. The third-order valence-electron chi connectivity index (χ3n) is 6.23. The van der Waals surface area contributed by atoms with Gasteiger partial charge < -0.3 is 14.6 Å². The molecular weight excluding hydrogens is 353 g/mol. The van der Waals surface area contributed by atoms with Gasteiger partial charge >= 0.3 is 18.1 Å². The maximum atomic E-state index is 12.8. The molecule has 0 aliphatic heterocycles. The summed E-state index contributed by atoms with van der Waals surface area (Å²) in [5.41, 5.74) is -3.63. The number of alkyl halides is 3. The summed E-state index contributed by atoms with van der Waals surface area (Å²) in [6.07, 6.45) is 0.290. The summed E-state index contributed by atoms with van der Waals surface area (Å²) in [6.45, 7) is 0.681. The third kappa shape index (κ3) is 3.57. The second-order valence-electron chi connectivity index (χ2n) is 9.04. The van der Waals surface area contributed by atoms with Crippen molar-refractivity contribution in [2.24, 2.45) is 22.7 Å². The molecule has 4 rings (SSSR count). The van der Waals surface area contributed by atoms with Gasteiger partial charge in [0.15, 0.2) is 12.0 Å². The van der Waals surface area contributed by atoms with Crippen LogP contribution in [0.5, 0.6) is 0 Å². The minimum atomic E-state index is -4.76. The fourth-order valence-corrected chi connectivity index (χ4v) is 5.27. The highest BCUT2D eigenvalue weighted by Crippen LogP contribution is 2.61. The van der Waals surface area contributed by atoms with E-state index < -0.39 is 35.7 Å². The first-order valence-corrected chi connectivity index (χ1v) is 8.96. The molecule has 26 heavy (non-hydrogen) atoms. The molecular formula is C18H25F3O5. The van der Waals surface area contributed by atoms with Gasteiger partial charge in [-0.1, -0.05) is 0 Å². The Labute approximate surface area is 150 Å². The zero-order chi connectivity index (χ0) is 19.4. The molecule has 0 aromatic rings. The van der Waals surface area contributed by atoms with E-state index >= 15 is 0 Å². The molecule has 0 amide bonds. The summed E-state index contributed by atoms with van der Waals surface area (Å²) in [5, 5.41) is 10.7. The fraction of sp³-hybridized carbons (Fsp3) is 0.889. The molecule has 4 fully saturated rings. The van der Waals surface area contributed by atoms with Crippen LogP contribution in [0.3, 0.4) is 0 Å². The minimum Gasteiger partial charge on any atom is -0.463 e. The normalized spacial score (nSPS) is 36.1. The lowest BCUT2D eigenvalue weighted by atomic mass is 9.48. The van der Waals surface area contributed by atoms with Gasteiger partial charge in [-0.2, -0.15) is 13.2 Å². The number of ether oxygens (including phenoxy) is 2. The summed E-state index contributed by atoms with van der Waals surface area (Å²) in [6, 6.07) is 0. The van der Waals surface area contributed by atoms with E-state index in [4.69, 9.17) is 4.74 Å². The highest BCUT2D eigenvalue weighted by molar-refractivity contribution is 5.80. The first-order chi connectivity index (χ1) is 11.8. The van der Waals surface area contributed by atoms with Crippen LogP contribution in [0, 0.1) is 22.7 Å². The van der Waals surface area contributed by atoms with E-state index in [1.807, 2.05) is 0 Å². The highest BCUT2D eigenvalue weighted by Gasteiger charge is 2.57. The van der Waals surface area contributed by atoms with Gasteiger partial charge in [-0.25, -0.2) is 4.79 Å². The van der Waals surface area contributed by atoms with Crippen LogP contribution in [0.2, 0.25) is 0 Å². The fourth-order valence-electron chi connectivity index (χ4n) is 5.27. The number of hydrogen-bond donors (Lipinski definition) is 1. The molecule has 0 saturated heterocycles. The lowest BCUT2D eigenvalue weighted by molar-refractivity contribution is -0.226. The number of hydrogen-bond acceptors (Lipinski definition) is 5. The van der Waals surface area contributed by atoms with Gasteiger partial charge in [0.05, 0.1) is 12.2 Å². The van der Waals surface area contributed by atoms with Gasteiger partial charge in [-0.3, -0.25) is 4.79 Å². The number of halogens is 3. The molecule has 2 unspecified atom stereocenters. The van der Waals surface area contributed by atoms with Crippen LogP contribution >= 0.6 is 0 Å². The predicted molar refractivity (Wildman–Crippen MR) is 83.8 cm³/mol. The quantitative estimate of drug-likeness (QED) is 0.745. The van der Waals surface area contributed by atoms with Crippen molar-refractivity contribution in [3.05, 3.63) is 0 Å². The van der Waals surface area contributed by atoms with Gasteiger partial charge in [0.25, 0.3) is 0 Å². The topological polar surface area (TPSA) is 72.8 Å². The van der Waals surface area contributed by atoms with Gasteiger partial charge in [0, 0.05) is 5.41 Å². The number of aliphatic hydroxyl groups is 1. The maximum absolute atomic E-state index is 12.8. The zero-order valence-corrected chi connectivity index (χ0v) is 15.0. The highest BCUT2D eigenvalue weighted by atomic mass is 19.4. The molecule has 0 aromatic carbocycles. The van der Waals surface area contributed by atoms with E-state index in [2.05, 4.69) is 4.74 Å². The van der Waals surface area contributed by atoms with Crippen LogP contribution in [0.15, 0.2) is 0 Å². The first-order valence-electron chi connectivity index (χ1n) is 8.96. The monoisotopic (exact) mass is 378 g/mol. The molecule has 0 heterocycles. The SMILES string of the molecule is CC(C)(C(=O)OCC(=O)OCC12CC3CC(CC(O)(C3)C1)C2)C(F)(F)F. The van der Waals surface area contributed by atoms with Gasteiger partial charge in [-0.05, 0) is 64.2 Å². The van der Waals surface area contributed by atoms with E-state index in [1.165, 1.54) is 0 Å². The standard InChI is InChI=1S/C18H25F3O5/c1-15(2,18(19,20)21)14(23)25-8-13(22)26-10-16-4-11-3-12(5-16)7-17(24,6-11)9-16/h11-12,24H,3-10H2,1-2H3. The summed E-state index contributed by atoms with van der Waals surface area (Å²) < 4.78 is 48.0. The minimum absolute atomic E-state index is 0.112. The molecule has 4 saturated carbocycles. The number of carbonyl (C=O) groups excluding carboxylic acids is 2. The molecule has 0 spiro atoms. The van der Waals surface area contributed by atoms with Gasteiger partial charge in [0.2, 0.25) is 0 Å². The maximum Gasteiger partial charge on any atom is 0.404 e. The van der Waals surface area contributed by atoms with Crippen LogP contribution < -0.4 is 0 Å². The molecule has 4 aliphatic rings. The Morgan fingerprint density at radius 2 is 1.65 bits per heavy atom. The Hall–Kier alpha value is -1.31. The largest absolute Gasteiger partial charge is 0.463 e. The molecule has 1 N–H and O–H groups in total. The van der Waals surface area contributed by atoms with Crippen molar-refractivity contribution in [3.8, 4) is 0 Å². The van der Waals surface area contributed by atoms with Crippen molar-refractivity contribution < 1.29 is 37.3 Å². The molecule has 2 atom stereocenters. The van der Waals surface area contributed by atoms with Crippen molar-refractivity contribution in [1.82, 2.24) is 0 Å². The number of esters is 2. The average Bonchev–Trinajstić information content (AvgIpc) is 2.47. The van der Waals surface area contributed by atoms with Crippen LogP contribution in [0.1, 0.15) is 52.4 Å². The van der Waals surface area contributed by atoms with Gasteiger partial charge in [-0.15, -0.1) is 0 Å². The lowest BCUT2D eigenvalue weighted by Crippen LogP contribution is -2.57. The summed E-state index contributed by atoms with van der Waals surface area (Å²) in [5.74, 6) is -1.50. The van der Waals surface area contributed by atoms with Crippen molar-refractivity contribution in [2.45, 2.75) is 64.1 Å². The molecule has 5 nitrogen and oxygen atoms in total. The van der Waals surface area contributed by atoms with Crippen molar-refractivity contribution in [3.63, 3.8) is 0 Å². The molecule has 148 valence electrons. The molecule has 0 radical (unpaired) electrons. The second kappa shape index (κ2) is 6.11. The summed E-state index contributed by atoms with van der Waals surface area (Å²) >= 11 is 0. The Morgan fingerprint density at radius 3 is 2.15 bits per heavy atom. The predicted octanol–water partition coefficient (Wildman–Crippen LogP) is 2.99. The molecule has 4 aliphatic carbocycles. The van der Waals surface area contributed by atoms with Crippen molar-refractivity contribution in [1.29, 1.82) is 0 Å². The molecule has 8 heteroatoms. The van der Waals surface area contributed by atoms with E-state index in [-0.39, 0.29) is 12.0 Å². The Balaban J connectivity index is 1.50. The van der Waals surface area contributed by atoms with E-state index in [0.29, 0.717) is 32.1 Å². The molecule has 0 aromatic heterocycles. The Morgan fingerprint density at radius 1 is 1.08 bits per heavy atom. The summed E-state index contributed by atoms with van der Waals surface area (Å²) in [4.78, 5) is 23.5. The van der Waals surface area contributed by atoms with E-state index in [0.717, 1.165) is 32.1 Å². The van der Waals surface area contributed by atoms with Crippen LogP contribution in [0.4, 0.5) is 13.2 Å². The average molecular weight is 378 g/mol. The van der Waals surface area contributed by atoms with E-state index in [1.54, 1.807) is 0 Å². The Kier molecular flexibility index (Phi) is 4.57. The second-order valence-corrected chi connectivity index (χ2v) is 9.04. The smallest absolute Gasteiger partial charge is 0.404 e. The molecule has 4 bridgehead atoms. The third-order valence-corrected chi connectivity index (χ3v) is 6.23.